The third-order valence-electron chi connectivity index (χ3n) is 5.94. The van der Waals surface area contributed by atoms with Gasteiger partial charge in [0.2, 0.25) is 0 Å². The molecule has 3 N–H and O–H groups in total. The molecule has 4 nitrogen and oxygen atoms in total. The van der Waals surface area contributed by atoms with Crippen LogP contribution in [0.4, 0.5) is 5.00 Å². The highest BCUT2D eigenvalue weighted by atomic mass is 35.5. The summed E-state index contributed by atoms with van der Waals surface area (Å²) in [4.78, 5) is 26.1. The van der Waals surface area contributed by atoms with Crippen LogP contribution in [0.25, 0.3) is 0 Å². The quantitative estimate of drug-likeness (QED) is 0.605. The van der Waals surface area contributed by atoms with Gasteiger partial charge in [0.05, 0.1) is 21.2 Å². The van der Waals surface area contributed by atoms with Gasteiger partial charge in [0, 0.05) is 4.88 Å². The van der Waals surface area contributed by atoms with Gasteiger partial charge in [-0.1, -0.05) is 56.5 Å². The SMILES string of the molecule is CCC(C)(C)[C@@H]1CCc2c(sc(NC(=O)c3c(Cl)cccc3Cl)c2C(N)=O)C1. The van der Waals surface area contributed by atoms with Crippen molar-refractivity contribution >= 4 is 51.4 Å². The number of halogens is 2. The molecular formula is C21H24Cl2N2O2S. The molecule has 0 spiro atoms. The van der Waals surface area contributed by atoms with Crippen LogP contribution in [-0.2, 0) is 12.8 Å². The molecule has 1 aromatic carbocycles. The summed E-state index contributed by atoms with van der Waals surface area (Å²) in [5.74, 6) is -0.431. The number of fused-ring (bicyclic) bond motifs is 1. The van der Waals surface area contributed by atoms with Crippen molar-refractivity contribution in [1.29, 1.82) is 0 Å². The Hall–Kier alpha value is -1.56. The van der Waals surface area contributed by atoms with E-state index in [4.69, 9.17) is 28.9 Å². The number of hydrogen-bond acceptors (Lipinski definition) is 3. The Balaban J connectivity index is 1.95. The number of anilines is 1. The summed E-state index contributed by atoms with van der Waals surface area (Å²) in [6, 6.07) is 4.89. The number of primary amides is 1. The summed E-state index contributed by atoms with van der Waals surface area (Å²) >= 11 is 13.7. The van der Waals surface area contributed by atoms with Gasteiger partial charge in [0.1, 0.15) is 5.00 Å². The number of rotatable bonds is 5. The molecule has 0 bridgehead atoms. The fourth-order valence-corrected chi connectivity index (χ4v) is 5.67. The number of amides is 2. The minimum Gasteiger partial charge on any atom is -0.365 e. The molecule has 3 rings (SSSR count). The third kappa shape index (κ3) is 3.93. The number of benzene rings is 1. The predicted molar refractivity (Wildman–Crippen MR) is 117 cm³/mol. The van der Waals surface area contributed by atoms with Gasteiger partial charge in [0.15, 0.2) is 0 Å². The van der Waals surface area contributed by atoms with Gasteiger partial charge in [-0.3, -0.25) is 9.59 Å². The minimum atomic E-state index is -0.522. The average molecular weight is 439 g/mol. The molecule has 28 heavy (non-hydrogen) atoms. The van der Waals surface area contributed by atoms with E-state index in [2.05, 4.69) is 26.1 Å². The highest BCUT2D eigenvalue weighted by molar-refractivity contribution is 7.17. The Morgan fingerprint density at radius 2 is 1.89 bits per heavy atom. The molecule has 0 saturated heterocycles. The lowest BCUT2D eigenvalue weighted by Crippen LogP contribution is -2.29. The van der Waals surface area contributed by atoms with Gasteiger partial charge < -0.3 is 11.1 Å². The lowest BCUT2D eigenvalue weighted by molar-refractivity contribution is 0.0999. The first-order valence-electron chi connectivity index (χ1n) is 9.35. The van der Waals surface area contributed by atoms with Crippen LogP contribution in [0, 0.1) is 11.3 Å². The van der Waals surface area contributed by atoms with Gasteiger partial charge in [-0.15, -0.1) is 11.3 Å². The van der Waals surface area contributed by atoms with E-state index in [1.54, 1.807) is 18.2 Å². The Kier molecular flexibility index (Phi) is 6.08. The fourth-order valence-electron chi connectivity index (χ4n) is 3.77. The van der Waals surface area contributed by atoms with Crippen LogP contribution < -0.4 is 11.1 Å². The molecule has 0 radical (unpaired) electrons. The second kappa shape index (κ2) is 8.05. The molecule has 1 aromatic heterocycles. The van der Waals surface area contributed by atoms with E-state index >= 15 is 0 Å². The summed E-state index contributed by atoms with van der Waals surface area (Å²) in [6.45, 7) is 6.78. The molecule has 1 atom stereocenters. The number of nitrogens with one attached hydrogen (secondary N) is 1. The van der Waals surface area contributed by atoms with Crippen LogP contribution in [0.15, 0.2) is 18.2 Å². The van der Waals surface area contributed by atoms with Crippen molar-refractivity contribution < 1.29 is 9.59 Å². The Labute approximate surface area is 179 Å². The second-order valence-corrected chi connectivity index (χ2v) is 9.82. The zero-order valence-electron chi connectivity index (χ0n) is 16.2. The van der Waals surface area contributed by atoms with Crippen LogP contribution in [-0.4, -0.2) is 11.8 Å². The van der Waals surface area contributed by atoms with Crippen LogP contribution >= 0.6 is 34.5 Å². The smallest absolute Gasteiger partial charge is 0.259 e. The first-order chi connectivity index (χ1) is 13.2. The van der Waals surface area contributed by atoms with Gasteiger partial charge in [-0.2, -0.15) is 0 Å². The monoisotopic (exact) mass is 438 g/mol. The fraction of sp³-hybridized carbons (Fsp3) is 0.429. The second-order valence-electron chi connectivity index (χ2n) is 7.90. The lowest BCUT2D eigenvalue weighted by Gasteiger charge is -2.36. The molecule has 1 aliphatic carbocycles. The number of carbonyl (C=O) groups excluding carboxylic acids is 2. The molecule has 0 saturated carbocycles. The van der Waals surface area contributed by atoms with E-state index < -0.39 is 11.8 Å². The van der Waals surface area contributed by atoms with Gasteiger partial charge in [0.25, 0.3) is 11.8 Å². The molecule has 7 heteroatoms. The van der Waals surface area contributed by atoms with E-state index in [9.17, 15) is 9.59 Å². The zero-order valence-corrected chi connectivity index (χ0v) is 18.5. The van der Waals surface area contributed by atoms with E-state index in [1.807, 2.05) is 0 Å². The lowest BCUT2D eigenvalue weighted by atomic mass is 9.69. The summed E-state index contributed by atoms with van der Waals surface area (Å²) in [6.07, 6.45) is 3.79. The number of carbonyl (C=O) groups is 2. The minimum absolute atomic E-state index is 0.192. The molecule has 0 unspecified atom stereocenters. The van der Waals surface area contributed by atoms with Crippen molar-refractivity contribution in [3.63, 3.8) is 0 Å². The van der Waals surface area contributed by atoms with Gasteiger partial charge in [-0.25, -0.2) is 0 Å². The van der Waals surface area contributed by atoms with Crippen LogP contribution in [0.2, 0.25) is 10.0 Å². The first-order valence-corrected chi connectivity index (χ1v) is 10.9. The molecular weight excluding hydrogens is 415 g/mol. The third-order valence-corrected chi connectivity index (χ3v) is 7.74. The topological polar surface area (TPSA) is 72.2 Å². The average Bonchev–Trinajstić information content (AvgIpc) is 2.98. The van der Waals surface area contributed by atoms with Crippen molar-refractivity contribution in [1.82, 2.24) is 0 Å². The van der Waals surface area contributed by atoms with Crippen molar-refractivity contribution in [2.75, 3.05) is 5.32 Å². The normalized spacial score (nSPS) is 16.5. The Morgan fingerprint density at radius 3 is 2.46 bits per heavy atom. The number of nitrogens with two attached hydrogens (primary N) is 1. The van der Waals surface area contributed by atoms with E-state index in [1.165, 1.54) is 11.3 Å². The van der Waals surface area contributed by atoms with Crippen LogP contribution in [0.3, 0.4) is 0 Å². The molecule has 0 aliphatic heterocycles. The summed E-state index contributed by atoms with van der Waals surface area (Å²) in [5, 5.41) is 3.83. The van der Waals surface area contributed by atoms with E-state index in [0.717, 1.165) is 36.1 Å². The number of hydrogen-bond donors (Lipinski definition) is 2. The summed E-state index contributed by atoms with van der Waals surface area (Å²) in [7, 11) is 0. The molecule has 1 heterocycles. The van der Waals surface area contributed by atoms with E-state index in [0.29, 0.717) is 16.5 Å². The largest absolute Gasteiger partial charge is 0.365 e. The van der Waals surface area contributed by atoms with Crippen molar-refractivity contribution in [2.24, 2.45) is 17.1 Å². The molecule has 0 fully saturated rings. The standard InChI is InChI=1S/C21H24Cl2N2O2S/c1-4-21(2,3)11-8-9-12-15(10-11)28-20(16(12)18(24)26)25-19(27)17-13(22)6-5-7-14(17)23/h5-7,11H,4,8-10H2,1-3H3,(H2,24,26)(H,25,27)/t11-/m1/s1. The van der Waals surface area contributed by atoms with E-state index in [-0.39, 0.29) is 21.0 Å². The Bertz CT molecular complexity index is 916. The highest BCUT2D eigenvalue weighted by Crippen LogP contribution is 2.45. The Morgan fingerprint density at radius 1 is 1.25 bits per heavy atom. The summed E-state index contributed by atoms with van der Waals surface area (Å²) in [5.41, 5.74) is 7.48. The van der Waals surface area contributed by atoms with Gasteiger partial charge >= 0.3 is 0 Å². The predicted octanol–water partition coefficient (Wildman–Crippen LogP) is 5.95. The number of thiophene rings is 1. The maximum atomic E-state index is 12.8. The van der Waals surface area contributed by atoms with Crippen LogP contribution in [0.5, 0.6) is 0 Å². The molecule has 150 valence electrons. The summed E-state index contributed by atoms with van der Waals surface area (Å²) < 4.78 is 0. The maximum Gasteiger partial charge on any atom is 0.259 e. The zero-order chi connectivity index (χ0) is 20.6. The van der Waals surface area contributed by atoms with Crippen LogP contribution in [0.1, 0.15) is 64.8 Å². The van der Waals surface area contributed by atoms with Gasteiger partial charge in [-0.05, 0) is 48.3 Å². The molecule has 1 aliphatic rings. The van der Waals surface area contributed by atoms with Crippen molar-refractivity contribution in [2.45, 2.75) is 46.5 Å². The maximum absolute atomic E-state index is 12.8. The molecule has 2 amide bonds. The van der Waals surface area contributed by atoms with Crippen molar-refractivity contribution in [3.05, 3.63) is 49.8 Å². The molecule has 2 aromatic rings. The van der Waals surface area contributed by atoms with Crippen molar-refractivity contribution in [3.8, 4) is 0 Å². The highest BCUT2D eigenvalue weighted by Gasteiger charge is 2.35. The first kappa shape index (κ1) is 21.2.